The first-order valence-electron chi connectivity index (χ1n) is 6.67. The third-order valence-electron chi connectivity index (χ3n) is 4.74. The van der Waals surface area contributed by atoms with E-state index in [-0.39, 0.29) is 5.60 Å². The minimum Gasteiger partial charge on any atom is -0.390 e. The monoisotopic (exact) mass is 211 g/mol. The van der Waals surface area contributed by atoms with Crippen LogP contribution in [0.5, 0.6) is 0 Å². The molecule has 1 aliphatic carbocycles. The average Bonchev–Trinajstić information content (AvgIpc) is 2.30. The summed E-state index contributed by atoms with van der Waals surface area (Å²) in [6, 6.07) is 0.669. The van der Waals surface area contributed by atoms with Gasteiger partial charge in [-0.15, -0.1) is 0 Å². The summed E-state index contributed by atoms with van der Waals surface area (Å²) < 4.78 is 0. The summed E-state index contributed by atoms with van der Waals surface area (Å²) in [6.45, 7) is 6.65. The Morgan fingerprint density at radius 3 is 2.67 bits per heavy atom. The second-order valence-electron chi connectivity index (χ2n) is 5.29. The van der Waals surface area contributed by atoms with Crippen LogP contribution >= 0.6 is 0 Å². The lowest BCUT2D eigenvalue weighted by molar-refractivity contribution is -0.115. The van der Waals surface area contributed by atoms with Crippen molar-refractivity contribution < 1.29 is 5.11 Å². The molecule has 15 heavy (non-hydrogen) atoms. The molecule has 0 aromatic carbocycles. The smallest absolute Gasteiger partial charge is 0.0700 e. The van der Waals surface area contributed by atoms with Crippen molar-refractivity contribution in [3.63, 3.8) is 0 Å². The molecule has 0 aromatic rings. The van der Waals surface area contributed by atoms with Crippen LogP contribution in [-0.2, 0) is 0 Å². The highest BCUT2D eigenvalue weighted by Crippen LogP contribution is 2.42. The van der Waals surface area contributed by atoms with E-state index in [0.29, 0.717) is 12.0 Å². The van der Waals surface area contributed by atoms with Crippen LogP contribution in [0, 0.1) is 5.92 Å². The Bertz CT molecular complexity index is 219. The van der Waals surface area contributed by atoms with Crippen molar-refractivity contribution in [2.45, 2.75) is 64.0 Å². The van der Waals surface area contributed by atoms with Crippen molar-refractivity contribution in [1.82, 2.24) is 4.90 Å². The van der Waals surface area contributed by atoms with E-state index < -0.39 is 0 Å². The Labute approximate surface area is 93.7 Å². The summed E-state index contributed by atoms with van der Waals surface area (Å²) in [5, 5.41) is 10.7. The maximum Gasteiger partial charge on any atom is 0.0700 e. The maximum absolute atomic E-state index is 10.7. The number of rotatable bonds is 2. The van der Waals surface area contributed by atoms with Gasteiger partial charge < -0.3 is 10.0 Å². The van der Waals surface area contributed by atoms with E-state index in [0.717, 1.165) is 25.9 Å². The van der Waals surface area contributed by atoms with Crippen LogP contribution in [-0.4, -0.2) is 34.7 Å². The highest BCUT2D eigenvalue weighted by Gasteiger charge is 2.46. The van der Waals surface area contributed by atoms with Gasteiger partial charge in [0.1, 0.15) is 0 Å². The Morgan fingerprint density at radius 2 is 2.00 bits per heavy atom. The number of piperidine rings is 1. The normalized spacial score (nSPS) is 42.6. The number of nitrogens with zero attached hydrogens (tertiary/aromatic N) is 1. The molecule has 1 N–H and O–H groups in total. The summed E-state index contributed by atoms with van der Waals surface area (Å²) in [4.78, 5) is 2.59. The van der Waals surface area contributed by atoms with Crippen LogP contribution in [0.15, 0.2) is 0 Å². The van der Waals surface area contributed by atoms with Gasteiger partial charge in [0.25, 0.3) is 0 Å². The molecular formula is C13H25NO. The topological polar surface area (TPSA) is 23.5 Å². The predicted molar refractivity (Wildman–Crippen MR) is 62.9 cm³/mol. The van der Waals surface area contributed by atoms with E-state index in [9.17, 15) is 5.11 Å². The van der Waals surface area contributed by atoms with Crippen LogP contribution < -0.4 is 0 Å². The van der Waals surface area contributed by atoms with Crippen LogP contribution in [0.3, 0.4) is 0 Å². The van der Waals surface area contributed by atoms with Crippen molar-refractivity contribution in [3.05, 3.63) is 0 Å². The largest absolute Gasteiger partial charge is 0.390 e. The summed E-state index contributed by atoms with van der Waals surface area (Å²) >= 11 is 0. The average molecular weight is 211 g/mol. The van der Waals surface area contributed by atoms with Gasteiger partial charge in [-0.1, -0.05) is 26.7 Å². The van der Waals surface area contributed by atoms with Gasteiger partial charge in [-0.2, -0.15) is 0 Å². The van der Waals surface area contributed by atoms with Gasteiger partial charge >= 0.3 is 0 Å². The number of hydrogen-bond donors (Lipinski definition) is 1. The van der Waals surface area contributed by atoms with E-state index in [2.05, 4.69) is 18.7 Å². The second-order valence-corrected chi connectivity index (χ2v) is 5.29. The van der Waals surface area contributed by atoms with Crippen molar-refractivity contribution in [1.29, 1.82) is 0 Å². The predicted octanol–water partition coefficient (Wildman–Crippen LogP) is 2.41. The Balaban J connectivity index is 2.15. The number of likely N-dealkylation sites (tertiary alicyclic amines) is 1. The van der Waals surface area contributed by atoms with E-state index in [1.165, 1.54) is 25.7 Å². The lowest BCUT2D eigenvalue weighted by Crippen LogP contribution is -2.58. The molecule has 2 aliphatic rings. The quantitative estimate of drug-likeness (QED) is 0.758. The van der Waals surface area contributed by atoms with E-state index in [4.69, 9.17) is 0 Å². The minimum absolute atomic E-state index is 0.350. The highest BCUT2D eigenvalue weighted by atomic mass is 16.3. The van der Waals surface area contributed by atoms with Gasteiger partial charge in [-0.05, 0) is 32.2 Å². The third kappa shape index (κ3) is 1.94. The number of fused-ring (bicyclic) bond motifs is 1. The first-order valence-corrected chi connectivity index (χ1v) is 6.67. The van der Waals surface area contributed by atoms with Crippen molar-refractivity contribution in [3.8, 4) is 0 Å². The zero-order valence-corrected chi connectivity index (χ0v) is 10.2. The molecule has 0 radical (unpaired) electrons. The first-order chi connectivity index (χ1) is 7.21. The maximum atomic E-state index is 10.7. The van der Waals surface area contributed by atoms with Gasteiger partial charge in [0.05, 0.1) is 5.60 Å². The van der Waals surface area contributed by atoms with Crippen LogP contribution in [0.4, 0.5) is 0 Å². The molecule has 1 heterocycles. The molecule has 0 aromatic heterocycles. The molecule has 2 nitrogen and oxygen atoms in total. The molecule has 88 valence electrons. The van der Waals surface area contributed by atoms with Gasteiger partial charge in [-0.25, -0.2) is 0 Å². The Morgan fingerprint density at radius 1 is 1.27 bits per heavy atom. The lowest BCUT2D eigenvalue weighted by atomic mass is 9.68. The van der Waals surface area contributed by atoms with E-state index in [1.54, 1.807) is 0 Å². The SMILES string of the molecule is CCN1CCC(O)(CC)C2CCCCC21. The standard InChI is InChI=1S/C13H25NO/c1-3-13(15)9-10-14(4-2)12-8-6-5-7-11(12)13/h11-12,15H,3-10H2,1-2H3. The van der Waals surface area contributed by atoms with Gasteiger partial charge in [-0.3, -0.25) is 0 Å². The van der Waals surface area contributed by atoms with Gasteiger partial charge in [0.15, 0.2) is 0 Å². The van der Waals surface area contributed by atoms with Crippen LogP contribution in [0.1, 0.15) is 52.4 Å². The van der Waals surface area contributed by atoms with Crippen molar-refractivity contribution in [2.24, 2.45) is 5.92 Å². The van der Waals surface area contributed by atoms with E-state index >= 15 is 0 Å². The summed E-state index contributed by atoms with van der Waals surface area (Å²) in [7, 11) is 0. The molecule has 0 spiro atoms. The molecule has 2 fully saturated rings. The van der Waals surface area contributed by atoms with E-state index in [1.807, 2.05) is 0 Å². The fourth-order valence-corrected chi connectivity index (χ4v) is 3.70. The molecule has 1 aliphatic heterocycles. The number of aliphatic hydroxyl groups is 1. The van der Waals surface area contributed by atoms with Crippen LogP contribution in [0.2, 0.25) is 0 Å². The molecule has 1 saturated carbocycles. The molecule has 3 atom stereocenters. The zero-order chi connectivity index (χ0) is 10.9. The van der Waals surface area contributed by atoms with Gasteiger partial charge in [0, 0.05) is 18.5 Å². The molecule has 0 bridgehead atoms. The molecule has 2 heteroatoms. The fraction of sp³-hybridized carbons (Fsp3) is 1.00. The Kier molecular flexibility index (Phi) is 3.36. The molecule has 1 saturated heterocycles. The summed E-state index contributed by atoms with van der Waals surface area (Å²) in [6.07, 6.45) is 7.15. The minimum atomic E-state index is -0.350. The molecule has 2 rings (SSSR count). The van der Waals surface area contributed by atoms with Crippen molar-refractivity contribution >= 4 is 0 Å². The van der Waals surface area contributed by atoms with Crippen LogP contribution in [0.25, 0.3) is 0 Å². The fourth-order valence-electron chi connectivity index (χ4n) is 3.70. The second kappa shape index (κ2) is 4.42. The Hall–Kier alpha value is -0.0800. The molecule has 3 unspecified atom stereocenters. The summed E-state index contributed by atoms with van der Waals surface area (Å²) in [5.74, 6) is 0.546. The van der Waals surface area contributed by atoms with Crippen molar-refractivity contribution in [2.75, 3.05) is 13.1 Å². The third-order valence-corrected chi connectivity index (χ3v) is 4.74. The molecule has 0 amide bonds. The molecular weight excluding hydrogens is 186 g/mol. The number of hydrogen-bond acceptors (Lipinski definition) is 2. The zero-order valence-electron chi connectivity index (χ0n) is 10.2. The van der Waals surface area contributed by atoms with Gasteiger partial charge in [0.2, 0.25) is 0 Å². The first kappa shape index (κ1) is 11.4. The summed E-state index contributed by atoms with van der Waals surface area (Å²) in [5.41, 5.74) is -0.350. The lowest BCUT2D eigenvalue weighted by Gasteiger charge is -2.52. The highest BCUT2D eigenvalue weighted by molar-refractivity contribution is 4.99.